The van der Waals surface area contributed by atoms with E-state index in [-0.39, 0.29) is 5.92 Å². The maximum Gasteiger partial charge on any atom is 0.159 e. The van der Waals surface area contributed by atoms with Crippen molar-refractivity contribution in [1.82, 2.24) is 9.88 Å². The molecule has 2 bridgehead atoms. The molecule has 2 N–H and O–H groups in total. The van der Waals surface area contributed by atoms with Gasteiger partial charge in [-0.3, -0.25) is 0 Å². The summed E-state index contributed by atoms with van der Waals surface area (Å²) in [6.07, 6.45) is 2.58. The monoisotopic (exact) mass is 298 g/mol. The van der Waals surface area contributed by atoms with E-state index >= 15 is 0 Å². The highest BCUT2D eigenvalue weighted by molar-refractivity contribution is 5.86. The molecule has 2 saturated heterocycles. The molecule has 22 heavy (non-hydrogen) atoms. The molecule has 0 spiro atoms. The van der Waals surface area contributed by atoms with Crippen LogP contribution >= 0.6 is 0 Å². The van der Waals surface area contributed by atoms with Gasteiger partial charge in [0, 0.05) is 41.6 Å². The lowest BCUT2D eigenvalue weighted by Crippen LogP contribution is -2.57. The Bertz CT molecular complexity index is 738. The van der Waals surface area contributed by atoms with E-state index in [4.69, 9.17) is 4.74 Å². The number of fused-ring (bicyclic) bond motifs is 8. The van der Waals surface area contributed by atoms with Crippen LogP contribution in [0.2, 0.25) is 0 Å². The number of piperidine rings is 1. The Morgan fingerprint density at radius 2 is 2.18 bits per heavy atom. The Balaban J connectivity index is 1.66. The first kappa shape index (κ1) is 13.1. The van der Waals surface area contributed by atoms with Crippen LogP contribution in [0.4, 0.5) is 0 Å². The molecule has 116 valence electrons. The predicted octanol–water partition coefficient (Wildman–Crippen LogP) is 2.11. The van der Waals surface area contributed by atoms with Crippen molar-refractivity contribution < 1.29 is 9.84 Å². The van der Waals surface area contributed by atoms with Gasteiger partial charge in [-0.1, -0.05) is 18.2 Å². The SMILES string of the molecule is Cn1c2c(c3ccccc31)C[C@@H]1N[C@H]2C[C@H]2CCO[C@@H](O)[C@@H]21. The van der Waals surface area contributed by atoms with Gasteiger partial charge in [-0.2, -0.15) is 0 Å². The molecule has 0 radical (unpaired) electrons. The van der Waals surface area contributed by atoms with Crippen LogP contribution in [0.1, 0.15) is 30.1 Å². The van der Waals surface area contributed by atoms with Crippen molar-refractivity contribution in [3.8, 4) is 0 Å². The summed E-state index contributed by atoms with van der Waals surface area (Å²) in [6.45, 7) is 0.698. The zero-order valence-electron chi connectivity index (χ0n) is 12.8. The Morgan fingerprint density at radius 3 is 3.09 bits per heavy atom. The molecule has 3 aliphatic heterocycles. The molecular formula is C18H22N2O2. The number of benzene rings is 1. The molecule has 0 aliphatic carbocycles. The standard InChI is InChI=1S/C18H22N2O2/c1-20-15-5-3-2-4-11(15)12-9-13-16-10(6-7-22-18(16)21)8-14(19-13)17(12)20/h2-5,10,13-14,16,18-19,21H,6-9H2,1H3/t10-,13+,14+,16+,18-/m1/s1. The Hall–Kier alpha value is -1.36. The lowest BCUT2D eigenvalue weighted by atomic mass is 9.69. The fourth-order valence-corrected chi connectivity index (χ4v) is 5.17. The Kier molecular flexibility index (Phi) is 2.72. The second kappa shape index (κ2) is 4.57. The van der Waals surface area contributed by atoms with E-state index in [2.05, 4.69) is 41.2 Å². The second-order valence-electron chi connectivity index (χ2n) is 7.09. The van der Waals surface area contributed by atoms with Gasteiger partial charge in [0.25, 0.3) is 0 Å². The first-order valence-corrected chi connectivity index (χ1v) is 8.36. The van der Waals surface area contributed by atoms with Crippen LogP contribution in [-0.2, 0) is 18.2 Å². The van der Waals surface area contributed by atoms with Crippen molar-refractivity contribution in [3.05, 3.63) is 35.5 Å². The summed E-state index contributed by atoms with van der Waals surface area (Å²) in [7, 11) is 2.19. The maximum atomic E-state index is 10.3. The number of hydrogen-bond acceptors (Lipinski definition) is 3. The van der Waals surface area contributed by atoms with Crippen molar-refractivity contribution in [2.45, 2.75) is 37.6 Å². The topological polar surface area (TPSA) is 46.4 Å². The van der Waals surface area contributed by atoms with Crippen molar-refractivity contribution in [1.29, 1.82) is 0 Å². The van der Waals surface area contributed by atoms with Gasteiger partial charge in [0.2, 0.25) is 0 Å². The first-order valence-electron chi connectivity index (χ1n) is 8.36. The minimum absolute atomic E-state index is 0.233. The number of aliphatic hydroxyl groups is 1. The molecule has 0 unspecified atom stereocenters. The average molecular weight is 298 g/mol. The predicted molar refractivity (Wildman–Crippen MR) is 84.5 cm³/mol. The van der Waals surface area contributed by atoms with E-state index in [1.165, 1.54) is 22.2 Å². The van der Waals surface area contributed by atoms with Crippen LogP contribution in [0.3, 0.4) is 0 Å². The lowest BCUT2D eigenvalue weighted by Gasteiger charge is -2.49. The van der Waals surface area contributed by atoms with Gasteiger partial charge >= 0.3 is 0 Å². The summed E-state index contributed by atoms with van der Waals surface area (Å²) in [5, 5.41) is 15.5. The van der Waals surface area contributed by atoms with Crippen LogP contribution < -0.4 is 5.32 Å². The highest BCUT2D eigenvalue weighted by Gasteiger charge is 2.47. The van der Waals surface area contributed by atoms with E-state index in [0.29, 0.717) is 24.6 Å². The fraction of sp³-hybridized carbons (Fsp3) is 0.556. The number of rotatable bonds is 0. The molecule has 5 rings (SSSR count). The maximum absolute atomic E-state index is 10.3. The normalized spacial score (nSPS) is 36.9. The number of ether oxygens (including phenoxy) is 1. The molecule has 5 atom stereocenters. The van der Waals surface area contributed by atoms with Crippen molar-refractivity contribution in [3.63, 3.8) is 0 Å². The third-order valence-corrected chi connectivity index (χ3v) is 6.08. The number of aromatic nitrogens is 1. The van der Waals surface area contributed by atoms with Gasteiger partial charge < -0.3 is 19.7 Å². The summed E-state index contributed by atoms with van der Waals surface area (Å²) >= 11 is 0. The van der Waals surface area contributed by atoms with Crippen molar-refractivity contribution in [2.24, 2.45) is 18.9 Å². The summed E-state index contributed by atoms with van der Waals surface area (Å²) in [4.78, 5) is 0. The molecule has 4 heterocycles. The van der Waals surface area contributed by atoms with E-state index in [0.717, 1.165) is 19.3 Å². The van der Waals surface area contributed by atoms with Crippen LogP contribution in [0.15, 0.2) is 24.3 Å². The molecule has 0 amide bonds. The zero-order chi connectivity index (χ0) is 14.8. The van der Waals surface area contributed by atoms with Gasteiger partial charge in [-0.25, -0.2) is 0 Å². The van der Waals surface area contributed by atoms with Crippen LogP contribution in [0, 0.1) is 11.8 Å². The van der Waals surface area contributed by atoms with Gasteiger partial charge in [0.05, 0.1) is 6.61 Å². The van der Waals surface area contributed by atoms with Crippen LogP contribution in [0.5, 0.6) is 0 Å². The third-order valence-electron chi connectivity index (χ3n) is 6.08. The van der Waals surface area contributed by atoms with Gasteiger partial charge in [0.15, 0.2) is 6.29 Å². The molecule has 2 fully saturated rings. The number of hydrogen-bond donors (Lipinski definition) is 2. The summed E-state index contributed by atoms with van der Waals surface area (Å²) in [5.41, 5.74) is 4.25. The van der Waals surface area contributed by atoms with E-state index in [1.54, 1.807) is 0 Å². The van der Waals surface area contributed by atoms with E-state index in [9.17, 15) is 5.11 Å². The summed E-state index contributed by atoms with van der Waals surface area (Å²) < 4.78 is 7.90. The molecule has 1 aromatic carbocycles. The minimum Gasteiger partial charge on any atom is -0.368 e. The average Bonchev–Trinajstić information content (AvgIpc) is 2.81. The number of nitrogens with zero attached hydrogens (tertiary/aromatic N) is 1. The number of aliphatic hydroxyl groups excluding tert-OH is 1. The highest BCUT2D eigenvalue weighted by Crippen LogP contribution is 2.46. The molecule has 0 saturated carbocycles. The van der Waals surface area contributed by atoms with E-state index in [1.807, 2.05) is 0 Å². The van der Waals surface area contributed by atoms with Crippen LogP contribution in [-0.4, -0.2) is 28.6 Å². The van der Waals surface area contributed by atoms with Gasteiger partial charge in [0.1, 0.15) is 0 Å². The van der Waals surface area contributed by atoms with Gasteiger partial charge in [-0.05, 0) is 36.8 Å². The minimum atomic E-state index is -0.603. The number of aryl methyl sites for hydroxylation is 1. The Labute approximate surface area is 130 Å². The van der Waals surface area contributed by atoms with E-state index < -0.39 is 6.29 Å². The fourth-order valence-electron chi connectivity index (χ4n) is 5.17. The quantitative estimate of drug-likeness (QED) is 0.783. The smallest absolute Gasteiger partial charge is 0.159 e. The van der Waals surface area contributed by atoms with Crippen LogP contribution in [0.25, 0.3) is 10.9 Å². The molecule has 1 aromatic heterocycles. The Morgan fingerprint density at radius 1 is 1.32 bits per heavy atom. The summed E-state index contributed by atoms with van der Waals surface area (Å²) in [5.74, 6) is 0.809. The lowest BCUT2D eigenvalue weighted by molar-refractivity contribution is -0.195. The second-order valence-corrected chi connectivity index (χ2v) is 7.09. The highest BCUT2D eigenvalue weighted by atomic mass is 16.6. The molecule has 4 nitrogen and oxygen atoms in total. The molecular weight excluding hydrogens is 276 g/mol. The summed E-state index contributed by atoms with van der Waals surface area (Å²) in [6, 6.07) is 9.44. The molecule has 3 aliphatic rings. The third kappa shape index (κ3) is 1.63. The number of nitrogens with one attached hydrogen (secondary N) is 1. The first-order chi connectivity index (χ1) is 10.7. The molecule has 4 heteroatoms. The van der Waals surface area contributed by atoms with Crippen molar-refractivity contribution in [2.75, 3.05) is 6.61 Å². The number of para-hydroxylation sites is 1. The van der Waals surface area contributed by atoms with Gasteiger partial charge in [-0.15, -0.1) is 0 Å². The van der Waals surface area contributed by atoms with Crippen molar-refractivity contribution >= 4 is 10.9 Å². The molecule has 2 aromatic rings. The largest absolute Gasteiger partial charge is 0.368 e. The zero-order valence-corrected chi connectivity index (χ0v) is 12.8.